The molecule has 0 saturated carbocycles. The fraction of sp³-hybridized carbons (Fsp3) is 0.900. The van der Waals surface area contributed by atoms with E-state index >= 15 is 0 Å². The molecule has 0 fully saturated rings. The zero-order valence-corrected chi connectivity index (χ0v) is 9.90. The summed E-state index contributed by atoms with van der Waals surface area (Å²) in [4.78, 5) is 11.0. The van der Waals surface area contributed by atoms with E-state index in [1.54, 1.807) is 13.8 Å². The number of hydrogen-bond acceptors (Lipinski definition) is 3. The van der Waals surface area contributed by atoms with Gasteiger partial charge in [-0.05, 0) is 34.6 Å². The zero-order chi connectivity index (χ0) is 11.4. The average molecular weight is 201 g/mol. The number of nitrogens with two attached hydrogens (primary N) is 1. The summed E-state index contributed by atoms with van der Waals surface area (Å²) in [6.45, 7) is 11.4. The summed E-state index contributed by atoms with van der Waals surface area (Å²) in [5.74, 6) is -0.326. The molecule has 0 aliphatic heterocycles. The molecule has 1 amide bonds. The molecule has 0 radical (unpaired) electrons. The van der Waals surface area contributed by atoms with Crippen molar-refractivity contribution in [2.24, 2.45) is 5.73 Å². The number of rotatable bonds is 5. The van der Waals surface area contributed by atoms with Gasteiger partial charge in [0.15, 0.2) is 0 Å². The molecule has 0 aromatic carbocycles. The monoisotopic (exact) mass is 201 g/mol. The lowest BCUT2D eigenvalue weighted by Crippen LogP contribution is -2.53. The highest BCUT2D eigenvalue weighted by Crippen LogP contribution is 2.00. The predicted octanol–water partition coefficient (Wildman–Crippen LogP) is 0.228. The molecule has 4 nitrogen and oxygen atoms in total. The van der Waals surface area contributed by atoms with E-state index in [1.165, 1.54) is 0 Å². The minimum absolute atomic E-state index is 0.110. The maximum atomic E-state index is 11.0. The van der Waals surface area contributed by atoms with E-state index in [0.29, 0.717) is 0 Å². The first-order valence-electron chi connectivity index (χ1n) is 4.95. The average Bonchev–Trinajstić information content (AvgIpc) is 1.96. The smallest absolute Gasteiger partial charge is 0.237 e. The van der Waals surface area contributed by atoms with Gasteiger partial charge in [0.25, 0.3) is 0 Å². The molecule has 0 aliphatic rings. The van der Waals surface area contributed by atoms with Crippen LogP contribution in [-0.2, 0) is 4.79 Å². The molecular formula is C10H23N3O. The third kappa shape index (κ3) is 5.94. The third-order valence-corrected chi connectivity index (χ3v) is 1.96. The molecule has 0 bridgehead atoms. The normalized spacial score (nSPS) is 12.9. The SMILES string of the molecule is CC(C)(C)NCCNC(C)(C)C(N)=O. The summed E-state index contributed by atoms with van der Waals surface area (Å²) in [7, 11) is 0. The molecule has 0 atom stereocenters. The second-order valence-corrected chi connectivity index (χ2v) is 5.09. The van der Waals surface area contributed by atoms with Crippen molar-refractivity contribution in [3.8, 4) is 0 Å². The van der Waals surface area contributed by atoms with Crippen LogP contribution in [0.3, 0.4) is 0 Å². The van der Waals surface area contributed by atoms with E-state index in [4.69, 9.17) is 5.73 Å². The Labute approximate surface area is 86.6 Å². The Hall–Kier alpha value is -0.610. The van der Waals surface area contributed by atoms with Crippen LogP contribution in [0.1, 0.15) is 34.6 Å². The van der Waals surface area contributed by atoms with Crippen molar-refractivity contribution in [3.05, 3.63) is 0 Å². The number of primary amides is 1. The minimum Gasteiger partial charge on any atom is -0.368 e. The number of nitrogens with one attached hydrogen (secondary N) is 2. The Morgan fingerprint density at radius 3 is 1.86 bits per heavy atom. The summed E-state index contributed by atoms with van der Waals surface area (Å²) in [5.41, 5.74) is 4.70. The van der Waals surface area contributed by atoms with Crippen LogP contribution in [0, 0.1) is 0 Å². The number of hydrogen-bond donors (Lipinski definition) is 3. The molecule has 0 aliphatic carbocycles. The van der Waals surface area contributed by atoms with E-state index in [1.807, 2.05) is 0 Å². The van der Waals surface area contributed by atoms with Crippen LogP contribution >= 0.6 is 0 Å². The van der Waals surface area contributed by atoms with Gasteiger partial charge in [-0.1, -0.05) is 0 Å². The standard InChI is InChI=1S/C10H23N3O/c1-9(2,3)12-6-7-13-10(4,5)8(11)14/h12-13H,6-7H2,1-5H3,(H2,11,14). The van der Waals surface area contributed by atoms with Crippen molar-refractivity contribution in [2.45, 2.75) is 45.7 Å². The first-order valence-corrected chi connectivity index (χ1v) is 4.95. The van der Waals surface area contributed by atoms with Gasteiger partial charge in [-0.3, -0.25) is 4.79 Å². The quantitative estimate of drug-likeness (QED) is 0.558. The third-order valence-electron chi connectivity index (χ3n) is 1.96. The van der Waals surface area contributed by atoms with Gasteiger partial charge in [-0.15, -0.1) is 0 Å². The van der Waals surface area contributed by atoms with E-state index in [-0.39, 0.29) is 11.4 Å². The van der Waals surface area contributed by atoms with Gasteiger partial charge in [0.1, 0.15) is 0 Å². The topological polar surface area (TPSA) is 67.2 Å². The van der Waals surface area contributed by atoms with E-state index < -0.39 is 5.54 Å². The predicted molar refractivity (Wildman–Crippen MR) is 59.0 cm³/mol. The summed E-state index contributed by atoms with van der Waals surface area (Å²) in [5, 5.41) is 6.41. The molecule has 0 spiro atoms. The lowest BCUT2D eigenvalue weighted by molar-refractivity contribution is -0.123. The highest BCUT2D eigenvalue weighted by molar-refractivity contribution is 5.83. The lowest BCUT2D eigenvalue weighted by atomic mass is 10.1. The van der Waals surface area contributed by atoms with Crippen LogP contribution in [0.5, 0.6) is 0 Å². The van der Waals surface area contributed by atoms with Gasteiger partial charge in [0, 0.05) is 18.6 Å². The molecule has 0 heterocycles. The highest BCUT2D eigenvalue weighted by atomic mass is 16.1. The molecule has 0 aromatic heterocycles. The fourth-order valence-corrected chi connectivity index (χ4v) is 0.900. The maximum Gasteiger partial charge on any atom is 0.237 e. The summed E-state index contributed by atoms with van der Waals surface area (Å²) in [6.07, 6.45) is 0. The Morgan fingerprint density at radius 2 is 1.50 bits per heavy atom. The number of carbonyl (C=O) groups is 1. The molecule has 0 unspecified atom stereocenters. The van der Waals surface area contributed by atoms with Crippen molar-refractivity contribution in [1.82, 2.24) is 10.6 Å². The lowest BCUT2D eigenvalue weighted by Gasteiger charge is -2.25. The van der Waals surface area contributed by atoms with Crippen molar-refractivity contribution >= 4 is 5.91 Å². The second-order valence-electron chi connectivity index (χ2n) is 5.09. The highest BCUT2D eigenvalue weighted by Gasteiger charge is 2.23. The van der Waals surface area contributed by atoms with Crippen molar-refractivity contribution < 1.29 is 4.79 Å². The Balaban J connectivity index is 3.70. The van der Waals surface area contributed by atoms with Gasteiger partial charge in [-0.25, -0.2) is 0 Å². The molecule has 4 N–H and O–H groups in total. The van der Waals surface area contributed by atoms with Crippen molar-refractivity contribution in [3.63, 3.8) is 0 Å². The van der Waals surface area contributed by atoms with Crippen LogP contribution in [0.2, 0.25) is 0 Å². The maximum absolute atomic E-state index is 11.0. The van der Waals surface area contributed by atoms with Gasteiger partial charge in [0.2, 0.25) is 5.91 Å². The van der Waals surface area contributed by atoms with Crippen LogP contribution in [0.4, 0.5) is 0 Å². The van der Waals surface area contributed by atoms with E-state index in [0.717, 1.165) is 13.1 Å². The fourth-order valence-electron chi connectivity index (χ4n) is 0.900. The number of amides is 1. The molecule has 0 aromatic rings. The second kappa shape index (κ2) is 4.75. The van der Waals surface area contributed by atoms with Gasteiger partial charge in [0.05, 0.1) is 5.54 Å². The van der Waals surface area contributed by atoms with Crippen LogP contribution < -0.4 is 16.4 Å². The van der Waals surface area contributed by atoms with Crippen molar-refractivity contribution in [1.29, 1.82) is 0 Å². The molecule has 0 rings (SSSR count). The van der Waals surface area contributed by atoms with Crippen LogP contribution in [-0.4, -0.2) is 30.1 Å². The van der Waals surface area contributed by atoms with Gasteiger partial charge >= 0.3 is 0 Å². The number of carbonyl (C=O) groups excluding carboxylic acids is 1. The first-order chi connectivity index (χ1) is 6.15. The molecule has 0 saturated heterocycles. The minimum atomic E-state index is -0.625. The summed E-state index contributed by atoms with van der Waals surface area (Å²) in [6, 6.07) is 0. The van der Waals surface area contributed by atoms with Crippen LogP contribution in [0.15, 0.2) is 0 Å². The molecular weight excluding hydrogens is 178 g/mol. The molecule has 84 valence electrons. The van der Waals surface area contributed by atoms with E-state index in [2.05, 4.69) is 31.4 Å². The summed E-state index contributed by atoms with van der Waals surface area (Å²) >= 11 is 0. The summed E-state index contributed by atoms with van der Waals surface area (Å²) < 4.78 is 0. The largest absolute Gasteiger partial charge is 0.368 e. The Bertz CT molecular complexity index is 194. The van der Waals surface area contributed by atoms with Crippen molar-refractivity contribution in [2.75, 3.05) is 13.1 Å². The Morgan fingerprint density at radius 1 is 1.07 bits per heavy atom. The molecule has 14 heavy (non-hydrogen) atoms. The van der Waals surface area contributed by atoms with Crippen LogP contribution in [0.25, 0.3) is 0 Å². The van der Waals surface area contributed by atoms with Gasteiger partial charge in [-0.2, -0.15) is 0 Å². The van der Waals surface area contributed by atoms with E-state index in [9.17, 15) is 4.79 Å². The molecule has 4 heteroatoms. The zero-order valence-electron chi connectivity index (χ0n) is 9.90. The van der Waals surface area contributed by atoms with Gasteiger partial charge < -0.3 is 16.4 Å². The first kappa shape index (κ1) is 13.4. The Kier molecular flexibility index (Phi) is 4.55.